The van der Waals surface area contributed by atoms with Gasteiger partial charge in [-0.2, -0.15) is 5.26 Å². The molecule has 2 heterocycles. The first kappa shape index (κ1) is 16.6. The lowest BCUT2D eigenvalue weighted by Crippen LogP contribution is -2.42. The van der Waals surface area contributed by atoms with Crippen molar-refractivity contribution in [2.24, 2.45) is 0 Å². The number of rotatable bonds is 3. The van der Waals surface area contributed by atoms with E-state index in [1.54, 1.807) is 0 Å². The highest BCUT2D eigenvalue weighted by Crippen LogP contribution is 2.32. The molecule has 1 aliphatic rings. The zero-order valence-corrected chi connectivity index (χ0v) is 14.8. The van der Waals surface area contributed by atoms with E-state index in [2.05, 4.69) is 45.3 Å². The van der Waals surface area contributed by atoms with Crippen LogP contribution in [0.15, 0.2) is 60.9 Å². The van der Waals surface area contributed by atoms with Gasteiger partial charge < -0.3 is 5.01 Å². The van der Waals surface area contributed by atoms with Crippen molar-refractivity contribution in [3.8, 4) is 6.07 Å². The first-order chi connectivity index (χ1) is 12.9. The molecule has 4 rings (SSSR count). The van der Waals surface area contributed by atoms with E-state index in [-0.39, 0.29) is 0 Å². The van der Waals surface area contributed by atoms with E-state index >= 15 is 0 Å². The summed E-state index contributed by atoms with van der Waals surface area (Å²) in [7, 11) is 0. The molecule has 4 nitrogen and oxygen atoms in total. The minimum atomic E-state index is 0.734. The number of aromatic nitrogens is 1. The summed E-state index contributed by atoms with van der Waals surface area (Å²) in [6, 6.07) is 18.7. The first-order valence-electron chi connectivity index (χ1n) is 9.20. The van der Waals surface area contributed by atoms with Crippen LogP contribution >= 0.6 is 0 Å². The monoisotopic (exact) mass is 342 g/mol. The summed E-state index contributed by atoms with van der Waals surface area (Å²) in [5.74, 6) is 0. The Bertz CT molecular complexity index is 930. The molecule has 0 amide bonds. The van der Waals surface area contributed by atoms with Crippen molar-refractivity contribution in [3.05, 3.63) is 72.1 Å². The standard InChI is InChI=1S/C22H22N4/c23-15-19-10-11-22(21-9-3-2-8-20(19)21)26-14-5-1-4-13-25(26)17-18-7-6-12-24-16-18/h2-3,6-12,16H,1,4-5,13-14,17H2. The van der Waals surface area contributed by atoms with Crippen LogP contribution in [-0.2, 0) is 6.54 Å². The summed E-state index contributed by atoms with van der Waals surface area (Å²) in [5, 5.41) is 16.5. The zero-order chi connectivity index (χ0) is 17.8. The Balaban J connectivity index is 1.76. The predicted molar refractivity (Wildman–Crippen MR) is 105 cm³/mol. The molecule has 4 heteroatoms. The summed E-state index contributed by atoms with van der Waals surface area (Å²) in [4.78, 5) is 4.26. The Kier molecular flexibility index (Phi) is 4.81. The number of nitrogens with zero attached hydrogens (tertiary/aromatic N) is 4. The normalized spacial score (nSPS) is 15.6. The van der Waals surface area contributed by atoms with Crippen LogP contribution in [0.5, 0.6) is 0 Å². The molecule has 0 unspecified atom stereocenters. The minimum Gasteiger partial charge on any atom is -0.305 e. The highest BCUT2D eigenvalue weighted by atomic mass is 15.6. The number of pyridine rings is 1. The van der Waals surface area contributed by atoms with Crippen molar-refractivity contribution in [2.45, 2.75) is 25.8 Å². The van der Waals surface area contributed by atoms with Gasteiger partial charge in [0.2, 0.25) is 0 Å². The smallest absolute Gasteiger partial charge is 0.0998 e. The average molecular weight is 342 g/mol. The van der Waals surface area contributed by atoms with E-state index in [9.17, 15) is 5.26 Å². The fourth-order valence-corrected chi connectivity index (χ4v) is 3.74. The second-order valence-electron chi connectivity index (χ2n) is 6.72. The van der Waals surface area contributed by atoms with E-state index < -0.39 is 0 Å². The Morgan fingerprint density at radius 3 is 2.58 bits per heavy atom. The Hall–Kier alpha value is -2.90. The van der Waals surface area contributed by atoms with Gasteiger partial charge in [-0.25, -0.2) is 5.01 Å². The van der Waals surface area contributed by atoms with Crippen molar-refractivity contribution < 1.29 is 0 Å². The summed E-state index contributed by atoms with van der Waals surface area (Å²) in [6.45, 7) is 2.88. The number of fused-ring (bicyclic) bond motifs is 1. The minimum absolute atomic E-state index is 0.734. The largest absolute Gasteiger partial charge is 0.305 e. The molecule has 26 heavy (non-hydrogen) atoms. The summed E-state index contributed by atoms with van der Waals surface area (Å²) >= 11 is 0. The van der Waals surface area contributed by atoms with Gasteiger partial charge in [-0.15, -0.1) is 0 Å². The Morgan fingerprint density at radius 1 is 0.923 bits per heavy atom. The quantitative estimate of drug-likeness (QED) is 0.702. The number of hydrogen-bond donors (Lipinski definition) is 0. The van der Waals surface area contributed by atoms with E-state index in [4.69, 9.17) is 0 Å². The number of anilines is 1. The number of benzene rings is 2. The highest BCUT2D eigenvalue weighted by Gasteiger charge is 2.21. The second kappa shape index (κ2) is 7.55. The molecule has 3 aromatic rings. The van der Waals surface area contributed by atoms with E-state index in [0.717, 1.165) is 36.0 Å². The van der Waals surface area contributed by atoms with Crippen LogP contribution in [0, 0.1) is 11.3 Å². The first-order valence-corrected chi connectivity index (χ1v) is 9.20. The summed E-state index contributed by atoms with van der Waals surface area (Å²) < 4.78 is 0. The maximum Gasteiger partial charge on any atom is 0.0998 e. The van der Waals surface area contributed by atoms with Gasteiger partial charge in [0.15, 0.2) is 0 Å². The molecule has 2 aromatic carbocycles. The molecule has 0 N–H and O–H groups in total. The molecule has 1 aliphatic heterocycles. The van der Waals surface area contributed by atoms with Crippen molar-refractivity contribution in [2.75, 3.05) is 18.1 Å². The van der Waals surface area contributed by atoms with Gasteiger partial charge in [0.25, 0.3) is 0 Å². The van der Waals surface area contributed by atoms with Crippen LogP contribution in [0.1, 0.15) is 30.4 Å². The molecule has 0 radical (unpaired) electrons. The Labute approximate surface area is 154 Å². The van der Waals surface area contributed by atoms with Gasteiger partial charge in [0.05, 0.1) is 17.3 Å². The van der Waals surface area contributed by atoms with Gasteiger partial charge in [-0.05, 0) is 36.6 Å². The maximum absolute atomic E-state index is 9.45. The predicted octanol–water partition coefficient (Wildman–Crippen LogP) is 4.51. The van der Waals surface area contributed by atoms with Gasteiger partial charge in [-0.3, -0.25) is 4.98 Å². The fraction of sp³-hybridized carbons (Fsp3) is 0.273. The van der Waals surface area contributed by atoms with Crippen LogP contribution in [-0.4, -0.2) is 23.1 Å². The third-order valence-corrected chi connectivity index (χ3v) is 5.02. The van der Waals surface area contributed by atoms with Crippen molar-refractivity contribution in [3.63, 3.8) is 0 Å². The molecule has 0 bridgehead atoms. The summed E-state index contributed by atoms with van der Waals surface area (Å²) in [6.07, 6.45) is 7.38. The molecule has 1 saturated heterocycles. The molecule has 0 saturated carbocycles. The third-order valence-electron chi connectivity index (χ3n) is 5.02. The molecule has 1 aromatic heterocycles. The SMILES string of the molecule is N#Cc1ccc(N2CCCCCN2Cc2cccnc2)c2ccccc12. The van der Waals surface area contributed by atoms with Gasteiger partial charge in [-0.1, -0.05) is 36.8 Å². The topological polar surface area (TPSA) is 43.2 Å². The van der Waals surface area contributed by atoms with Crippen molar-refractivity contribution >= 4 is 16.5 Å². The molecule has 0 spiro atoms. The fourth-order valence-electron chi connectivity index (χ4n) is 3.74. The maximum atomic E-state index is 9.45. The summed E-state index contributed by atoms with van der Waals surface area (Å²) in [5.41, 5.74) is 3.14. The van der Waals surface area contributed by atoms with Gasteiger partial charge >= 0.3 is 0 Å². The number of hydrogen-bond acceptors (Lipinski definition) is 4. The average Bonchev–Trinajstić information content (AvgIpc) is 2.93. The van der Waals surface area contributed by atoms with Crippen LogP contribution in [0.4, 0.5) is 5.69 Å². The lowest BCUT2D eigenvalue weighted by atomic mass is 10.0. The van der Waals surface area contributed by atoms with Crippen LogP contribution < -0.4 is 5.01 Å². The molecule has 130 valence electrons. The molecule has 0 atom stereocenters. The lowest BCUT2D eigenvalue weighted by molar-refractivity contribution is 0.253. The lowest BCUT2D eigenvalue weighted by Gasteiger charge is -2.36. The van der Waals surface area contributed by atoms with Gasteiger partial charge in [0, 0.05) is 42.8 Å². The van der Waals surface area contributed by atoms with E-state index in [0.29, 0.717) is 0 Å². The molecule has 1 fully saturated rings. The third kappa shape index (κ3) is 3.26. The van der Waals surface area contributed by atoms with Crippen LogP contribution in [0.3, 0.4) is 0 Å². The van der Waals surface area contributed by atoms with Crippen molar-refractivity contribution in [1.82, 2.24) is 9.99 Å². The van der Waals surface area contributed by atoms with Crippen LogP contribution in [0.2, 0.25) is 0 Å². The second-order valence-corrected chi connectivity index (χ2v) is 6.72. The molecular weight excluding hydrogens is 320 g/mol. The highest BCUT2D eigenvalue weighted by molar-refractivity contribution is 5.97. The van der Waals surface area contributed by atoms with E-state index in [1.165, 1.54) is 30.5 Å². The van der Waals surface area contributed by atoms with Crippen LogP contribution in [0.25, 0.3) is 10.8 Å². The number of nitriles is 1. The molecule has 0 aliphatic carbocycles. The van der Waals surface area contributed by atoms with E-state index in [1.807, 2.05) is 36.7 Å². The van der Waals surface area contributed by atoms with Crippen molar-refractivity contribution in [1.29, 1.82) is 5.26 Å². The Morgan fingerprint density at radius 2 is 1.77 bits per heavy atom. The molecular formula is C22H22N4. The zero-order valence-electron chi connectivity index (χ0n) is 14.8. The number of hydrazine groups is 1. The van der Waals surface area contributed by atoms with Gasteiger partial charge in [0.1, 0.15) is 0 Å².